The Morgan fingerprint density at radius 3 is 2.30 bits per heavy atom. The summed E-state index contributed by atoms with van der Waals surface area (Å²) in [6.07, 6.45) is 5.15. The molecule has 0 atom stereocenters. The van der Waals surface area contributed by atoms with Crippen molar-refractivity contribution in [1.82, 2.24) is 14.9 Å². The molecule has 200 valence electrons. The van der Waals surface area contributed by atoms with Gasteiger partial charge in [-0.1, -0.05) is 48.0 Å². The minimum absolute atomic E-state index is 0.0270. The predicted molar refractivity (Wildman–Crippen MR) is 154 cm³/mol. The highest BCUT2D eigenvalue weighted by Gasteiger charge is 2.30. The monoisotopic (exact) mass is 551 g/mol. The van der Waals surface area contributed by atoms with Crippen LogP contribution >= 0.6 is 11.6 Å². The van der Waals surface area contributed by atoms with Crippen molar-refractivity contribution in [2.24, 2.45) is 0 Å². The van der Waals surface area contributed by atoms with Crippen molar-refractivity contribution in [3.05, 3.63) is 119 Å². The molecule has 0 radical (unpaired) electrons. The van der Waals surface area contributed by atoms with Gasteiger partial charge in [-0.25, -0.2) is 9.97 Å². The molecule has 3 heterocycles. The second-order valence-corrected chi connectivity index (χ2v) is 9.98. The predicted octanol–water partition coefficient (Wildman–Crippen LogP) is 5.06. The second kappa shape index (κ2) is 11.2. The van der Waals surface area contributed by atoms with Crippen molar-refractivity contribution >= 4 is 41.1 Å². The molecule has 9 heteroatoms. The van der Waals surface area contributed by atoms with E-state index in [1.165, 1.54) is 0 Å². The lowest BCUT2D eigenvalue weighted by Gasteiger charge is -2.34. The Labute approximate surface area is 237 Å². The molecule has 0 aliphatic carbocycles. The summed E-state index contributed by atoms with van der Waals surface area (Å²) in [6, 6.07) is 23.9. The van der Waals surface area contributed by atoms with Gasteiger partial charge in [0, 0.05) is 49.2 Å². The van der Waals surface area contributed by atoms with E-state index in [2.05, 4.69) is 14.9 Å². The third-order valence-corrected chi connectivity index (χ3v) is 7.20. The van der Waals surface area contributed by atoms with Crippen LogP contribution in [0.3, 0.4) is 0 Å². The Morgan fingerprint density at radius 2 is 1.57 bits per heavy atom. The number of nitrogens with zero attached hydrogens (tertiary/aromatic N) is 5. The number of amides is 2. The number of carbonyl (C=O) groups is 2. The van der Waals surface area contributed by atoms with E-state index in [1.54, 1.807) is 41.6 Å². The first kappa shape index (κ1) is 25.6. The van der Waals surface area contributed by atoms with Crippen molar-refractivity contribution < 1.29 is 14.3 Å². The first-order chi connectivity index (χ1) is 19.5. The van der Waals surface area contributed by atoms with Gasteiger partial charge in [0.25, 0.3) is 11.8 Å². The van der Waals surface area contributed by atoms with Crippen LogP contribution < -0.4 is 14.5 Å². The smallest absolute Gasteiger partial charge is 0.294 e. The Bertz CT molecular complexity index is 1550. The summed E-state index contributed by atoms with van der Waals surface area (Å²) in [7, 11) is 0. The zero-order valence-corrected chi connectivity index (χ0v) is 22.4. The lowest BCUT2D eigenvalue weighted by Crippen LogP contribution is -2.49. The van der Waals surface area contributed by atoms with E-state index >= 15 is 0 Å². The van der Waals surface area contributed by atoms with Crippen LogP contribution in [-0.2, 0) is 11.3 Å². The maximum Gasteiger partial charge on any atom is 0.294 e. The molecule has 0 bridgehead atoms. The maximum atomic E-state index is 13.5. The van der Waals surface area contributed by atoms with Crippen molar-refractivity contribution in [2.75, 3.05) is 36.0 Å². The number of anilines is 2. The van der Waals surface area contributed by atoms with E-state index in [4.69, 9.17) is 16.3 Å². The summed E-state index contributed by atoms with van der Waals surface area (Å²) >= 11 is 6.04. The van der Waals surface area contributed by atoms with Gasteiger partial charge in [-0.15, -0.1) is 0 Å². The molecule has 2 aliphatic heterocycles. The average Bonchev–Trinajstić information content (AvgIpc) is 3.01. The molecule has 4 aromatic rings. The van der Waals surface area contributed by atoms with Crippen LogP contribution in [0.4, 0.5) is 11.6 Å². The Kier molecular flexibility index (Phi) is 7.16. The summed E-state index contributed by atoms with van der Waals surface area (Å²) < 4.78 is 6.01. The van der Waals surface area contributed by atoms with Crippen molar-refractivity contribution in [2.45, 2.75) is 6.54 Å². The number of halogens is 1. The van der Waals surface area contributed by atoms with E-state index in [1.807, 2.05) is 65.6 Å². The third-order valence-electron chi connectivity index (χ3n) is 6.94. The summed E-state index contributed by atoms with van der Waals surface area (Å²) in [4.78, 5) is 40.9. The normalized spacial score (nSPS) is 16.1. The summed E-state index contributed by atoms with van der Waals surface area (Å²) in [5.74, 6) is 1.23. The van der Waals surface area contributed by atoms with Crippen LogP contribution in [0.5, 0.6) is 5.75 Å². The topological polar surface area (TPSA) is 78.9 Å². The van der Waals surface area contributed by atoms with E-state index in [0.29, 0.717) is 60.7 Å². The molecule has 8 nitrogen and oxygen atoms in total. The molecule has 40 heavy (non-hydrogen) atoms. The molecular formula is C31H26ClN5O3. The Balaban J connectivity index is 1.16. The quantitative estimate of drug-likeness (QED) is 0.323. The lowest BCUT2D eigenvalue weighted by atomic mass is 10.1. The van der Waals surface area contributed by atoms with E-state index in [0.717, 1.165) is 11.1 Å². The van der Waals surface area contributed by atoms with Crippen LogP contribution in [0, 0.1) is 0 Å². The minimum Gasteiger partial charge on any atom is -0.449 e. The number of rotatable bonds is 5. The van der Waals surface area contributed by atoms with E-state index in [9.17, 15) is 9.59 Å². The number of hydrogen-bond donors (Lipinski definition) is 0. The standard InChI is InChI=1S/C31H26ClN5O3/c32-25-12-8-23(9-13-25)21-37-26-4-1-2-5-27(26)40-28(30(37)39)20-22-6-10-24(11-7-22)29(38)35-16-18-36(19-17-35)31-33-14-3-15-34-31/h1-15,20H,16-19,21H2. The van der Waals surface area contributed by atoms with Gasteiger partial charge in [-0.3, -0.25) is 14.5 Å². The number of piperazine rings is 1. The lowest BCUT2D eigenvalue weighted by molar-refractivity contribution is -0.117. The van der Waals surface area contributed by atoms with Crippen molar-refractivity contribution in [3.63, 3.8) is 0 Å². The molecule has 1 fully saturated rings. The van der Waals surface area contributed by atoms with E-state index in [-0.39, 0.29) is 17.6 Å². The number of hydrogen-bond acceptors (Lipinski definition) is 6. The summed E-state index contributed by atoms with van der Waals surface area (Å²) in [5, 5.41) is 0.643. The van der Waals surface area contributed by atoms with Gasteiger partial charge in [0.15, 0.2) is 11.5 Å². The van der Waals surface area contributed by atoms with Gasteiger partial charge < -0.3 is 14.5 Å². The highest BCUT2D eigenvalue weighted by atomic mass is 35.5. The number of carbonyl (C=O) groups excluding carboxylic acids is 2. The molecular weight excluding hydrogens is 526 g/mol. The van der Waals surface area contributed by atoms with Crippen LogP contribution in [0.25, 0.3) is 6.08 Å². The van der Waals surface area contributed by atoms with Gasteiger partial charge in [-0.05, 0) is 59.7 Å². The number of benzene rings is 3. The zero-order chi connectivity index (χ0) is 27.5. The largest absolute Gasteiger partial charge is 0.449 e. The van der Waals surface area contributed by atoms with Crippen molar-refractivity contribution in [3.8, 4) is 5.75 Å². The molecule has 3 aromatic carbocycles. The second-order valence-electron chi connectivity index (χ2n) is 9.55. The minimum atomic E-state index is -0.242. The van der Waals surface area contributed by atoms with Crippen LogP contribution in [-0.4, -0.2) is 52.9 Å². The van der Waals surface area contributed by atoms with Gasteiger partial charge in [0.2, 0.25) is 5.95 Å². The maximum absolute atomic E-state index is 13.5. The summed E-state index contributed by atoms with van der Waals surface area (Å²) in [5.41, 5.74) is 3.02. The molecule has 2 amide bonds. The van der Waals surface area contributed by atoms with Crippen LogP contribution in [0.15, 0.2) is 97.0 Å². The highest BCUT2D eigenvalue weighted by molar-refractivity contribution is 6.30. The Morgan fingerprint density at radius 1 is 0.875 bits per heavy atom. The molecule has 0 unspecified atom stereocenters. The van der Waals surface area contributed by atoms with Gasteiger partial charge in [0.05, 0.1) is 12.2 Å². The molecule has 0 spiro atoms. The van der Waals surface area contributed by atoms with Crippen LogP contribution in [0.2, 0.25) is 5.02 Å². The molecule has 0 saturated carbocycles. The Hall–Kier alpha value is -4.69. The van der Waals surface area contributed by atoms with Gasteiger partial charge in [-0.2, -0.15) is 0 Å². The fourth-order valence-corrected chi connectivity index (χ4v) is 4.94. The van der Waals surface area contributed by atoms with Crippen molar-refractivity contribution in [1.29, 1.82) is 0 Å². The first-order valence-corrected chi connectivity index (χ1v) is 13.4. The SMILES string of the molecule is O=C(c1ccc(C=C2Oc3ccccc3N(Cc3ccc(Cl)cc3)C2=O)cc1)N1CCN(c2ncccn2)CC1. The van der Waals surface area contributed by atoms with Gasteiger partial charge >= 0.3 is 0 Å². The van der Waals surface area contributed by atoms with Crippen LogP contribution in [0.1, 0.15) is 21.5 Å². The summed E-state index contributed by atoms with van der Waals surface area (Å²) in [6.45, 7) is 2.91. The molecule has 1 aromatic heterocycles. The number of aromatic nitrogens is 2. The molecule has 1 saturated heterocycles. The third kappa shape index (κ3) is 5.39. The number of fused-ring (bicyclic) bond motifs is 1. The zero-order valence-electron chi connectivity index (χ0n) is 21.6. The average molecular weight is 552 g/mol. The molecule has 0 N–H and O–H groups in total. The highest BCUT2D eigenvalue weighted by Crippen LogP contribution is 2.36. The fraction of sp³-hybridized carbons (Fsp3) is 0.161. The molecule has 2 aliphatic rings. The number of ether oxygens (including phenoxy) is 1. The first-order valence-electron chi connectivity index (χ1n) is 13.0. The van der Waals surface area contributed by atoms with E-state index < -0.39 is 0 Å². The number of para-hydroxylation sites is 2. The fourth-order valence-electron chi connectivity index (χ4n) is 4.81. The van der Waals surface area contributed by atoms with Gasteiger partial charge in [0.1, 0.15) is 0 Å². The molecule has 6 rings (SSSR count).